The van der Waals surface area contributed by atoms with Crippen molar-refractivity contribution in [2.75, 3.05) is 32.8 Å². The standard InChI is InChI=1S/C22H33N3O3/c1-4-18-7-9-19(10-8-18)16(2)23-21(26)17(3)24-11-13-25(14-12-24)22(27)20-6-5-15-28-20/h7-10,16-17,20H,4-6,11-15H2,1-3H3,(H,23,26). The van der Waals surface area contributed by atoms with Crippen LogP contribution < -0.4 is 5.32 Å². The molecule has 0 saturated carbocycles. The number of nitrogens with one attached hydrogen (secondary N) is 1. The lowest BCUT2D eigenvalue weighted by atomic mass is 10.0. The Bertz CT molecular complexity index is 662. The number of ether oxygens (including phenoxy) is 1. The van der Waals surface area contributed by atoms with Gasteiger partial charge in [0.15, 0.2) is 0 Å². The Hall–Kier alpha value is -1.92. The van der Waals surface area contributed by atoms with Gasteiger partial charge in [0.1, 0.15) is 6.10 Å². The molecule has 0 radical (unpaired) electrons. The minimum atomic E-state index is -0.257. The Balaban J connectivity index is 1.47. The van der Waals surface area contributed by atoms with Gasteiger partial charge in [0, 0.05) is 32.8 Å². The number of nitrogens with zero attached hydrogens (tertiary/aromatic N) is 2. The van der Waals surface area contributed by atoms with Crippen LogP contribution in [-0.2, 0) is 20.7 Å². The molecule has 0 spiro atoms. The van der Waals surface area contributed by atoms with Crippen molar-refractivity contribution < 1.29 is 14.3 Å². The summed E-state index contributed by atoms with van der Waals surface area (Å²) >= 11 is 0. The van der Waals surface area contributed by atoms with Crippen LogP contribution >= 0.6 is 0 Å². The quantitative estimate of drug-likeness (QED) is 0.812. The van der Waals surface area contributed by atoms with Crippen molar-refractivity contribution in [2.45, 2.75) is 58.2 Å². The van der Waals surface area contributed by atoms with Gasteiger partial charge in [-0.05, 0) is 44.2 Å². The normalized spacial score (nSPS) is 22.7. The molecule has 154 valence electrons. The maximum absolute atomic E-state index is 12.7. The van der Waals surface area contributed by atoms with E-state index in [1.165, 1.54) is 5.56 Å². The Morgan fingerprint density at radius 2 is 1.82 bits per heavy atom. The lowest BCUT2D eigenvalue weighted by Gasteiger charge is -2.38. The second-order valence-corrected chi connectivity index (χ2v) is 7.86. The minimum Gasteiger partial charge on any atom is -0.368 e. The molecule has 1 N–H and O–H groups in total. The first-order valence-corrected chi connectivity index (χ1v) is 10.5. The molecule has 2 amide bonds. The molecule has 6 heteroatoms. The highest BCUT2D eigenvalue weighted by Crippen LogP contribution is 2.18. The number of aryl methyl sites for hydroxylation is 1. The average Bonchev–Trinajstić information content (AvgIpc) is 3.27. The molecule has 1 aromatic carbocycles. The molecule has 3 rings (SSSR count). The van der Waals surface area contributed by atoms with Gasteiger partial charge in [-0.3, -0.25) is 14.5 Å². The third-order valence-corrected chi connectivity index (χ3v) is 6.00. The molecule has 0 aliphatic carbocycles. The number of rotatable bonds is 6. The average molecular weight is 388 g/mol. The number of piperazine rings is 1. The maximum atomic E-state index is 12.7. The van der Waals surface area contributed by atoms with Crippen LogP contribution in [-0.4, -0.2) is 66.5 Å². The summed E-state index contributed by atoms with van der Waals surface area (Å²) in [6, 6.07) is 8.17. The molecule has 2 fully saturated rings. The summed E-state index contributed by atoms with van der Waals surface area (Å²) in [6.45, 7) is 9.53. The Morgan fingerprint density at radius 1 is 1.14 bits per heavy atom. The number of benzene rings is 1. The van der Waals surface area contributed by atoms with E-state index >= 15 is 0 Å². The molecule has 6 nitrogen and oxygen atoms in total. The molecule has 0 aromatic heterocycles. The van der Waals surface area contributed by atoms with Crippen molar-refractivity contribution in [1.29, 1.82) is 0 Å². The molecule has 2 aliphatic heterocycles. The molecule has 2 saturated heterocycles. The molecule has 28 heavy (non-hydrogen) atoms. The first-order chi connectivity index (χ1) is 13.5. The summed E-state index contributed by atoms with van der Waals surface area (Å²) in [7, 11) is 0. The van der Waals surface area contributed by atoms with Gasteiger partial charge in [0.2, 0.25) is 5.91 Å². The van der Waals surface area contributed by atoms with Crippen LogP contribution in [0.1, 0.15) is 50.8 Å². The van der Waals surface area contributed by atoms with E-state index in [-0.39, 0.29) is 30.0 Å². The Labute approximate surface area is 168 Å². The van der Waals surface area contributed by atoms with Gasteiger partial charge in [-0.15, -0.1) is 0 Å². The molecule has 3 unspecified atom stereocenters. The largest absolute Gasteiger partial charge is 0.368 e. The zero-order chi connectivity index (χ0) is 20.1. The summed E-state index contributed by atoms with van der Waals surface area (Å²) in [4.78, 5) is 29.2. The van der Waals surface area contributed by atoms with Crippen molar-refractivity contribution in [3.63, 3.8) is 0 Å². The lowest BCUT2D eigenvalue weighted by Crippen LogP contribution is -2.56. The molecular weight excluding hydrogens is 354 g/mol. The van der Waals surface area contributed by atoms with Crippen LogP contribution in [0.3, 0.4) is 0 Å². The number of carbonyl (C=O) groups excluding carboxylic acids is 2. The van der Waals surface area contributed by atoms with E-state index < -0.39 is 0 Å². The third kappa shape index (κ3) is 4.92. The van der Waals surface area contributed by atoms with E-state index in [9.17, 15) is 9.59 Å². The van der Waals surface area contributed by atoms with Gasteiger partial charge >= 0.3 is 0 Å². The maximum Gasteiger partial charge on any atom is 0.251 e. The SMILES string of the molecule is CCc1ccc(C(C)NC(=O)C(C)N2CCN(C(=O)C3CCCO3)CC2)cc1. The fraction of sp³-hybridized carbons (Fsp3) is 0.636. The summed E-state index contributed by atoms with van der Waals surface area (Å²) in [5.41, 5.74) is 2.41. The van der Waals surface area contributed by atoms with Crippen molar-refractivity contribution in [3.8, 4) is 0 Å². The highest BCUT2D eigenvalue weighted by atomic mass is 16.5. The predicted octanol–water partition coefficient (Wildman–Crippen LogP) is 2.14. The summed E-state index contributed by atoms with van der Waals surface area (Å²) in [5, 5.41) is 3.13. The predicted molar refractivity (Wildman–Crippen MR) is 109 cm³/mol. The van der Waals surface area contributed by atoms with Crippen molar-refractivity contribution >= 4 is 11.8 Å². The van der Waals surface area contributed by atoms with Crippen molar-refractivity contribution in [3.05, 3.63) is 35.4 Å². The summed E-state index contributed by atoms with van der Waals surface area (Å²) in [6.07, 6.45) is 2.55. The Kier molecular flexibility index (Phi) is 7.08. The van der Waals surface area contributed by atoms with Crippen molar-refractivity contribution in [1.82, 2.24) is 15.1 Å². The minimum absolute atomic E-state index is 0.0248. The van der Waals surface area contributed by atoms with Gasteiger partial charge in [-0.1, -0.05) is 31.2 Å². The smallest absolute Gasteiger partial charge is 0.251 e. The van der Waals surface area contributed by atoms with Gasteiger partial charge < -0.3 is 15.0 Å². The molecule has 0 bridgehead atoms. The summed E-state index contributed by atoms with van der Waals surface area (Å²) < 4.78 is 5.51. The van der Waals surface area contributed by atoms with E-state index in [2.05, 4.69) is 41.4 Å². The lowest BCUT2D eigenvalue weighted by molar-refractivity contribution is -0.143. The van der Waals surface area contributed by atoms with Crippen LogP contribution in [0.4, 0.5) is 0 Å². The first-order valence-electron chi connectivity index (χ1n) is 10.5. The van der Waals surface area contributed by atoms with Crippen LogP contribution in [0.2, 0.25) is 0 Å². The number of hydrogen-bond acceptors (Lipinski definition) is 4. The van der Waals surface area contributed by atoms with E-state index in [0.717, 1.165) is 24.8 Å². The van der Waals surface area contributed by atoms with E-state index in [1.54, 1.807) is 0 Å². The zero-order valence-electron chi connectivity index (χ0n) is 17.3. The second-order valence-electron chi connectivity index (χ2n) is 7.86. The number of hydrogen-bond donors (Lipinski definition) is 1. The van der Waals surface area contributed by atoms with Crippen LogP contribution in [0.15, 0.2) is 24.3 Å². The van der Waals surface area contributed by atoms with E-state index in [1.807, 2.05) is 18.7 Å². The summed E-state index contributed by atoms with van der Waals surface area (Å²) in [5.74, 6) is 0.143. The first kappa shape index (κ1) is 20.8. The van der Waals surface area contributed by atoms with Crippen LogP contribution in [0.25, 0.3) is 0 Å². The Morgan fingerprint density at radius 3 is 2.39 bits per heavy atom. The van der Waals surface area contributed by atoms with Gasteiger partial charge in [-0.2, -0.15) is 0 Å². The second kappa shape index (κ2) is 9.52. The molecule has 1 aromatic rings. The molecular formula is C22H33N3O3. The topological polar surface area (TPSA) is 61.9 Å². The third-order valence-electron chi connectivity index (χ3n) is 6.00. The molecule has 3 atom stereocenters. The highest BCUT2D eigenvalue weighted by molar-refractivity contribution is 5.82. The monoisotopic (exact) mass is 387 g/mol. The van der Waals surface area contributed by atoms with Crippen LogP contribution in [0.5, 0.6) is 0 Å². The number of carbonyl (C=O) groups is 2. The van der Waals surface area contributed by atoms with Crippen molar-refractivity contribution in [2.24, 2.45) is 0 Å². The zero-order valence-corrected chi connectivity index (χ0v) is 17.3. The van der Waals surface area contributed by atoms with Gasteiger partial charge in [0.05, 0.1) is 12.1 Å². The highest BCUT2D eigenvalue weighted by Gasteiger charge is 2.32. The number of amides is 2. The molecule has 2 heterocycles. The van der Waals surface area contributed by atoms with Gasteiger partial charge in [0.25, 0.3) is 5.91 Å². The molecule has 2 aliphatic rings. The fourth-order valence-corrected chi connectivity index (χ4v) is 3.93. The fourth-order valence-electron chi connectivity index (χ4n) is 3.93. The van der Waals surface area contributed by atoms with Gasteiger partial charge in [-0.25, -0.2) is 0 Å². The van der Waals surface area contributed by atoms with E-state index in [4.69, 9.17) is 4.74 Å². The van der Waals surface area contributed by atoms with E-state index in [0.29, 0.717) is 32.8 Å². The van der Waals surface area contributed by atoms with Crippen LogP contribution in [0, 0.1) is 0 Å².